The van der Waals surface area contributed by atoms with Crippen LogP contribution in [0.5, 0.6) is 0 Å². The third-order valence-electron chi connectivity index (χ3n) is 9.55. The van der Waals surface area contributed by atoms with E-state index in [0.29, 0.717) is 0 Å². The second-order valence-electron chi connectivity index (χ2n) is 12.4. The Morgan fingerprint density at radius 1 is 0.512 bits per heavy atom. The summed E-state index contributed by atoms with van der Waals surface area (Å²) >= 11 is 0. The van der Waals surface area contributed by atoms with Crippen molar-refractivity contribution >= 4 is 32.6 Å². The number of benzene rings is 5. The van der Waals surface area contributed by atoms with E-state index in [4.69, 9.17) is 9.97 Å². The molecule has 2 heterocycles. The SMILES string of the molecule is CCc1ccc2ccc3c(-c4cccc(-c5ccc6c(c5)C(C)(C)c5ccc7ccccc7c5-6)c4)cc(CC)nc3c2n1. The van der Waals surface area contributed by atoms with Gasteiger partial charge < -0.3 is 0 Å². The van der Waals surface area contributed by atoms with Crippen LogP contribution in [0.15, 0.2) is 109 Å². The van der Waals surface area contributed by atoms with Gasteiger partial charge in [0.2, 0.25) is 0 Å². The molecular weight excluding hydrogens is 520 g/mol. The minimum Gasteiger partial charge on any atom is -0.251 e. The van der Waals surface area contributed by atoms with Crippen molar-refractivity contribution in [2.24, 2.45) is 0 Å². The lowest BCUT2D eigenvalue weighted by Gasteiger charge is -2.22. The van der Waals surface area contributed by atoms with Gasteiger partial charge >= 0.3 is 0 Å². The smallest absolute Gasteiger partial charge is 0.0974 e. The van der Waals surface area contributed by atoms with E-state index in [0.717, 1.165) is 46.0 Å². The third kappa shape index (κ3) is 3.93. The lowest BCUT2D eigenvalue weighted by atomic mass is 9.81. The lowest BCUT2D eigenvalue weighted by molar-refractivity contribution is 0.661. The van der Waals surface area contributed by atoms with Crippen LogP contribution in [0, 0.1) is 0 Å². The number of nitrogens with zero attached hydrogens (tertiary/aromatic N) is 2. The van der Waals surface area contributed by atoms with Crippen LogP contribution >= 0.6 is 0 Å². The molecule has 0 amide bonds. The van der Waals surface area contributed by atoms with Gasteiger partial charge in [-0.05, 0) is 92.4 Å². The first-order chi connectivity index (χ1) is 21.0. The Balaban J connectivity index is 1.28. The fourth-order valence-corrected chi connectivity index (χ4v) is 7.13. The van der Waals surface area contributed by atoms with Crippen molar-refractivity contribution in [3.05, 3.63) is 132 Å². The van der Waals surface area contributed by atoms with E-state index in [9.17, 15) is 0 Å². The van der Waals surface area contributed by atoms with Crippen molar-refractivity contribution in [1.82, 2.24) is 9.97 Å². The van der Waals surface area contributed by atoms with Crippen LogP contribution in [0.25, 0.3) is 66.0 Å². The Bertz CT molecular complexity index is 2240. The topological polar surface area (TPSA) is 25.8 Å². The summed E-state index contributed by atoms with van der Waals surface area (Å²) in [5.74, 6) is 0. The molecule has 43 heavy (non-hydrogen) atoms. The largest absolute Gasteiger partial charge is 0.251 e. The monoisotopic (exact) mass is 554 g/mol. The molecular formula is C41H34N2. The Labute approximate surface area is 253 Å². The average molecular weight is 555 g/mol. The minimum atomic E-state index is -0.0644. The molecule has 2 aromatic heterocycles. The minimum absolute atomic E-state index is 0.0644. The summed E-state index contributed by atoms with van der Waals surface area (Å²) in [4.78, 5) is 10.1. The molecule has 0 bridgehead atoms. The highest BCUT2D eigenvalue weighted by Gasteiger charge is 2.36. The molecule has 0 atom stereocenters. The number of fused-ring (bicyclic) bond motifs is 8. The van der Waals surface area contributed by atoms with Crippen LogP contribution in [-0.4, -0.2) is 9.97 Å². The second-order valence-corrected chi connectivity index (χ2v) is 12.4. The number of hydrogen-bond acceptors (Lipinski definition) is 2. The maximum absolute atomic E-state index is 5.10. The number of aromatic nitrogens is 2. The van der Waals surface area contributed by atoms with Crippen molar-refractivity contribution in [3.8, 4) is 33.4 Å². The van der Waals surface area contributed by atoms with Crippen molar-refractivity contribution < 1.29 is 0 Å². The molecule has 2 heteroatoms. The Hall–Kier alpha value is -4.82. The fraction of sp³-hybridized carbons (Fsp3) is 0.171. The molecule has 0 N–H and O–H groups in total. The predicted octanol–water partition coefficient (Wildman–Crippen LogP) is 10.7. The molecule has 0 aliphatic heterocycles. The maximum Gasteiger partial charge on any atom is 0.0974 e. The van der Waals surface area contributed by atoms with Crippen molar-refractivity contribution in [2.45, 2.75) is 46.0 Å². The molecule has 0 saturated heterocycles. The van der Waals surface area contributed by atoms with Gasteiger partial charge in [0.15, 0.2) is 0 Å². The van der Waals surface area contributed by atoms with Gasteiger partial charge in [0.25, 0.3) is 0 Å². The molecule has 0 unspecified atom stereocenters. The first kappa shape index (κ1) is 25.9. The van der Waals surface area contributed by atoms with E-state index in [1.54, 1.807) is 0 Å². The van der Waals surface area contributed by atoms with Crippen LogP contribution in [0.2, 0.25) is 0 Å². The van der Waals surface area contributed by atoms with E-state index in [-0.39, 0.29) is 5.41 Å². The van der Waals surface area contributed by atoms with Gasteiger partial charge in [-0.3, -0.25) is 9.97 Å². The Kier molecular flexibility index (Phi) is 5.78. The molecule has 8 rings (SSSR count). The van der Waals surface area contributed by atoms with Crippen LogP contribution in [0.1, 0.15) is 50.2 Å². The third-order valence-corrected chi connectivity index (χ3v) is 9.55. The molecule has 0 fully saturated rings. The van der Waals surface area contributed by atoms with Crippen molar-refractivity contribution in [2.75, 3.05) is 0 Å². The van der Waals surface area contributed by atoms with E-state index in [1.165, 1.54) is 55.3 Å². The summed E-state index contributed by atoms with van der Waals surface area (Å²) < 4.78 is 0. The van der Waals surface area contributed by atoms with Gasteiger partial charge in [-0.25, -0.2) is 0 Å². The number of rotatable bonds is 4. The summed E-state index contributed by atoms with van der Waals surface area (Å²) in [6.07, 6.45) is 1.79. The molecule has 0 spiro atoms. The van der Waals surface area contributed by atoms with Gasteiger partial charge in [0, 0.05) is 27.6 Å². The molecule has 208 valence electrons. The standard InChI is InChI=1S/C41H34N2/c1-5-30-18-14-26-15-19-33-35(24-31(6-2)43-40(33)39(26)42-30)29-12-9-11-27(22-29)28-16-20-34-37(23-28)41(3,4)36-21-17-25-10-7-8-13-32(25)38(34)36/h7-24H,5-6H2,1-4H3. The number of hydrogen-bond donors (Lipinski definition) is 0. The summed E-state index contributed by atoms with van der Waals surface area (Å²) in [5.41, 5.74) is 14.6. The zero-order valence-corrected chi connectivity index (χ0v) is 25.2. The molecule has 1 aliphatic carbocycles. The highest BCUT2D eigenvalue weighted by Crippen LogP contribution is 2.52. The molecule has 1 aliphatic rings. The maximum atomic E-state index is 5.10. The normalized spacial score (nSPS) is 13.5. The van der Waals surface area contributed by atoms with E-state index in [2.05, 4.69) is 137 Å². The van der Waals surface area contributed by atoms with Gasteiger partial charge in [0.05, 0.1) is 11.0 Å². The number of pyridine rings is 2. The zero-order valence-electron chi connectivity index (χ0n) is 25.2. The quantitative estimate of drug-likeness (QED) is 0.202. The summed E-state index contributed by atoms with van der Waals surface area (Å²) in [6.45, 7) is 9.06. The zero-order chi connectivity index (χ0) is 29.3. The van der Waals surface area contributed by atoms with Crippen LogP contribution in [0.4, 0.5) is 0 Å². The molecule has 5 aromatic carbocycles. The molecule has 2 nitrogen and oxygen atoms in total. The Morgan fingerprint density at radius 3 is 2.12 bits per heavy atom. The van der Waals surface area contributed by atoms with Gasteiger partial charge in [-0.2, -0.15) is 0 Å². The van der Waals surface area contributed by atoms with E-state index < -0.39 is 0 Å². The molecule has 0 saturated carbocycles. The number of aryl methyl sites for hydroxylation is 2. The lowest BCUT2D eigenvalue weighted by Crippen LogP contribution is -2.15. The van der Waals surface area contributed by atoms with Gasteiger partial charge in [0.1, 0.15) is 0 Å². The van der Waals surface area contributed by atoms with Crippen molar-refractivity contribution in [3.63, 3.8) is 0 Å². The molecule has 0 radical (unpaired) electrons. The first-order valence-electron chi connectivity index (χ1n) is 15.5. The first-order valence-corrected chi connectivity index (χ1v) is 15.5. The van der Waals surface area contributed by atoms with Crippen LogP contribution in [0.3, 0.4) is 0 Å². The van der Waals surface area contributed by atoms with Gasteiger partial charge in [-0.15, -0.1) is 0 Å². The van der Waals surface area contributed by atoms with E-state index in [1.807, 2.05) is 0 Å². The fourth-order valence-electron chi connectivity index (χ4n) is 7.13. The summed E-state index contributed by atoms with van der Waals surface area (Å²) in [6, 6.07) is 40.4. The van der Waals surface area contributed by atoms with Gasteiger partial charge in [-0.1, -0.05) is 113 Å². The summed E-state index contributed by atoms with van der Waals surface area (Å²) in [7, 11) is 0. The highest BCUT2D eigenvalue weighted by atomic mass is 14.8. The van der Waals surface area contributed by atoms with Crippen LogP contribution in [-0.2, 0) is 18.3 Å². The predicted molar refractivity (Wildman–Crippen MR) is 182 cm³/mol. The van der Waals surface area contributed by atoms with Crippen molar-refractivity contribution in [1.29, 1.82) is 0 Å². The van der Waals surface area contributed by atoms with Crippen LogP contribution < -0.4 is 0 Å². The second kappa shape index (κ2) is 9.61. The van der Waals surface area contributed by atoms with E-state index >= 15 is 0 Å². The average Bonchev–Trinajstić information content (AvgIpc) is 3.29. The summed E-state index contributed by atoms with van der Waals surface area (Å²) in [5, 5.41) is 4.93. The molecule has 7 aromatic rings. The Morgan fingerprint density at radius 2 is 1.26 bits per heavy atom. The highest BCUT2D eigenvalue weighted by molar-refractivity contribution is 6.08.